The van der Waals surface area contributed by atoms with Gasteiger partial charge in [-0.05, 0) is 41.8 Å². The normalized spacial score (nSPS) is 21.4. The second-order valence-corrected chi connectivity index (χ2v) is 4.88. The summed E-state index contributed by atoms with van der Waals surface area (Å²) in [5.41, 5.74) is 7.50. The van der Waals surface area contributed by atoms with Crippen molar-refractivity contribution in [3.05, 3.63) is 18.2 Å². The number of nitrogens with zero attached hydrogens (tertiary/aromatic N) is 4. The van der Waals surface area contributed by atoms with Crippen LogP contribution in [0.2, 0.25) is 0 Å². The third-order valence-corrected chi connectivity index (χ3v) is 3.46. The second kappa shape index (κ2) is 4.53. The quantitative estimate of drug-likeness (QED) is 0.848. The summed E-state index contributed by atoms with van der Waals surface area (Å²) in [7, 11) is 0. The van der Waals surface area contributed by atoms with Gasteiger partial charge in [-0.2, -0.15) is 0 Å². The van der Waals surface area contributed by atoms with Crippen LogP contribution >= 0.6 is 0 Å². The molecule has 1 heterocycles. The van der Waals surface area contributed by atoms with Crippen LogP contribution in [0.1, 0.15) is 26.3 Å². The largest absolute Gasteiger partial charge is 0.493 e. The number of hydrogen-bond donors (Lipinski definition) is 1. The summed E-state index contributed by atoms with van der Waals surface area (Å²) < 4.78 is 7.49. The number of hydrogen-bond acceptors (Lipinski definition) is 5. The van der Waals surface area contributed by atoms with Crippen LogP contribution in [0, 0.1) is 5.92 Å². The predicted octanol–water partition coefficient (Wildman–Crippen LogP) is 1.90. The van der Waals surface area contributed by atoms with E-state index >= 15 is 0 Å². The van der Waals surface area contributed by atoms with Gasteiger partial charge in [-0.1, -0.05) is 13.0 Å². The van der Waals surface area contributed by atoms with Crippen molar-refractivity contribution in [3.63, 3.8) is 0 Å². The Morgan fingerprint density at radius 3 is 2.95 bits per heavy atom. The molecule has 1 aliphatic rings. The first-order valence-corrected chi connectivity index (χ1v) is 6.52. The molecule has 0 aliphatic heterocycles. The van der Waals surface area contributed by atoms with Crippen molar-refractivity contribution in [2.45, 2.75) is 26.3 Å². The van der Waals surface area contributed by atoms with Crippen LogP contribution in [0.15, 0.2) is 18.2 Å². The molecule has 1 fully saturated rings. The number of tetrazole rings is 1. The molecule has 0 bridgehead atoms. The Bertz CT molecular complexity index is 594. The van der Waals surface area contributed by atoms with E-state index in [4.69, 9.17) is 10.5 Å². The summed E-state index contributed by atoms with van der Waals surface area (Å²) >= 11 is 0. The number of anilines is 1. The molecule has 2 N–H and O–H groups in total. The summed E-state index contributed by atoms with van der Waals surface area (Å²) in [5.74, 6) is 2.03. The van der Waals surface area contributed by atoms with E-state index in [9.17, 15) is 0 Å². The first-order chi connectivity index (χ1) is 9.22. The molecular formula is C13H17N5O. The Balaban J connectivity index is 2.09. The van der Waals surface area contributed by atoms with Crippen LogP contribution in [0.3, 0.4) is 0 Å². The molecule has 0 amide bonds. The van der Waals surface area contributed by atoms with Crippen molar-refractivity contribution in [1.29, 1.82) is 0 Å². The third kappa shape index (κ3) is 2.03. The minimum Gasteiger partial charge on any atom is -0.493 e. The fourth-order valence-electron chi connectivity index (χ4n) is 2.29. The molecule has 0 spiro atoms. The molecule has 6 nitrogen and oxygen atoms in total. The Morgan fingerprint density at radius 2 is 2.26 bits per heavy atom. The maximum Gasteiger partial charge on any atom is 0.188 e. The molecule has 19 heavy (non-hydrogen) atoms. The molecule has 2 atom stereocenters. The van der Waals surface area contributed by atoms with Gasteiger partial charge in [0.25, 0.3) is 0 Å². The number of benzene rings is 1. The van der Waals surface area contributed by atoms with Crippen molar-refractivity contribution < 1.29 is 4.74 Å². The van der Waals surface area contributed by atoms with Gasteiger partial charge < -0.3 is 10.5 Å². The molecule has 1 aromatic carbocycles. The molecule has 0 radical (unpaired) electrons. The van der Waals surface area contributed by atoms with E-state index in [1.54, 1.807) is 0 Å². The zero-order valence-electron chi connectivity index (χ0n) is 11.1. The Kier molecular flexibility index (Phi) is 2.85. The maximum atomic E-state index is 6.08. The van der Waals surface area contributed by atoms with Crippen LogP contribution in [0.25, 0.3) is 11.4 Å². The molecule has 1 saturated carbocycles. The van der Waals surface area contributed by atoms with E-state index in [1.165, 1.54) is 0 Å². The van der Waals surface area contributed by atoms with Crippen molar-refractivity contribution >= 4 is 5.69 Å². The van der Waals surface area contributed by atoms with E-state index in [0.717, 1.165) is 17.7 Å². The molecule has 6 heteroatoms. The number of ether oxygens (including phenoxy) is 1. The topological polar surface area (TPSA) is 78.8 Å². The zero-order valence-corrected chi connectivity index (χ0v) is 11.1. The van der Waals surface area contributed by atoms with Crippen molar-refractivity contribution in [3.8, 4) is 17.1 Å². The third-order valence-electron chi connectivity index (χ3n) is 3.46. The molecule has 2 unspecified atom stereocenters. The maximum absolute atomic E-state index is 6.08. The van der Waals surface area contributed by atoms with Gasteiger partial charge in [0.2, 0.25) is 0 Å². The molecule has 0 saturated heterocycles. The van der Waals surface area contributed by atoms with E-state index in [1.807, 2.05) is 29.8 Å². The number of nitrogens with two attached hydrogens (primary N) is 1. The molecule has 2 aromatic rings. The predicted molar refractivity (Wildman–Crippen MR) is 71.7 cm³/mol. The van der Waals surface area contributed by atoms with E-state index in [2.05, 4.69) is 22.4 Å². The van der Waals surface area contributed by atoms with Gasteiger partial charge in [0.1, 0.15) is 5.75 Å². The van der Waals surface area contributed by atoms with Gasteiger partial charge in [0.15, 0.2) is 5.82 Å². The summed E-state index contributed by atoms with van der Waals surface area (Å²) in [5, 5.41) is 12.0. The molecule has 1 aromatic heterocycles. The molecule has 100 valence electrons. The number of nitrogen functional groups attached to an aromatic ring is 1. The summed E-state index contributed by atoms with van der Waals surface area (Å²) in [6, 6.07) is 5.98. The van der Waals surface area contributed by atoms with Crippen molar-refractivity contribution in [2.75, 3.05) is 12.3 Å². The van der Waals surface area contributed by atoms with Gasteiger partial charge in [-0.3, -0.25) is 0 Å². The minimum absolute atomic E-state index is 0.374. The highest BCUT2D eigenvalue weighted by Crippen LogP contribution is 2.45. The van der Waals surface area contributed by atoms with Crippen LogP contribution in [0.5, 0.6) is 5.75 Å². The van der Waals surface area contributed by atoms with Crippen LogP contribution in [-0.2, 0) is 0 Å². The second-order valence-electron chi connectivity index (χ2n) is 4.88. The zero-order chi connectivity index (χ0) is 13.4. The van der Waals surface area contributed by atoms with E-state index in [-0.39, 0.29) is 0 Å². The summed E-state index contributed by atoms with van der Waals surface area (Å²) in [6.45, 7) is 4.71. The average molecular weight is 259 g/mol. The highest BCUT2D eigenvalue weighted by atomic mass is 16.5. The lowest BCUT2D eigenvalue weighted by atomic mass is 10.1. The SMILES string of the molecule is CCOc1cccc(N)c1-c1nnnn1C1CC1C. The van der Waals surface area contributed by atoms with E-state index in [0.29, 0.717) is 30.1 Å². The van der Waals surface area contributed by atoms with Crippen LogP contribution < -0.4 is 10.5 Å². The highest BCUT2D eigenvalue weighted by molar-refractivity contribution is 5.77. The van der Waals surface area contributed by atoms with Crippen LogP contribution in [-0.4, -0.2) is 26.8 Å². The lowest BCUT2D eigenvalue weighted by Gasteiger charge is -2.12. The van der Waals surface area contributed by atoms with Crippen LogP contribution in [0.4, 0.5) is 5.69 Å². The fourth-order valence-corrected chi connectivity index (χ4v) is 2.29. The Labute approximate surface area is 111 Å². The molecule has 3 rings (SSSR count). The standard InChI is InChI=1S/C13H17N5O/c1-3-19-11-6-4-5-9(14)12(11)13-15-16-17-18(13)10-7-8(10)2/h4-6,8,10H,3,7,14H2,1-2H3. The number of aromatic nitrogens is 4. The van der Waals surface area contributed by atoms with Crippen molar-refractivity contribution in [2.24, 2.45) is 5.92 Å². The van der Waals surface area contributed by atoms with Gasteiger partial charge in [-0.15, -0.1) is 5.10 Å². The van der Waals surface area contributed by atoms with Crippen molar-refractivity contribution in [1.82, 2.24) is 20.2 Å². The van der Waals surface area contributed by atoms with Gasteiger partial charge in [0, 0.05) is 5.69 Å². The summed E-state index contributed by atoms with van der Waals surface area (Å²) in [4.78, 5) is 0. The molecular weight excluding hydrogens is 242 g/mol. The van der Waals surface area contributed by atoms with Gasteiger partial charge in [0.05, 0.1) is 18.2 Å². The average Bonchev–Trinajstić information content (AvgIpc) is 2.92. The Hall–Kier alpha value is -2.11. The number of rotatable bonds is 4. The highest BCUT2D eigenvalue weighted by Gasteiger charge is 2.38. The van der Waals surface area contributed by atoms with Gasteiger partial charge >= 0.3 is 0 Å². The first kappa shape index (κ1) is 12.0. The first-order valence-electron chi connectivity index (χ1n) is 6.52. The Morgan fingerprint density at radius 1 is 1.47 bits per heavy atom. The minimum atomic E-state index is 0.374. The lowest BCUT2D eigenvalue weighted by molar-refractivity contribution is 0.341. The fraction of sp³-hybridized carbons (Fsp3) is 0.462. The summed E-state index contributed by atoms with van der Waals surface area (Å²) in [6.07, 6.45) is 1.11. The monoisotopic (exact) mass is 259 g/mol. The molecule has 1 aliphatic carbocycles. The smallest absolute Gasteiger partial charge is 0.188 e. The van der Waals surface area contributed by atoms with Gasteiger partial charge in [-0.25, -0.2) is 4.68 Å². The van der Waals surface area contributed by atoms with E-state index < -0.39 is 0 Å². The lowest BCUT2D eigenvalue weighted by Crippen LogP contribution is -2.05.